The number of carbonyl (C=O) groups excluding carboxylic acids is 2. The average molecular weight is 430 g/mol. The van der Waals surface area contributed by atoms with Crippen LogP contribution in [0.1, 0.15) is 35.1 Å². The van der Waals surface area contributed by atoms with Gasteiger partial charge in [0.1, 0.15) is 12.0 Å². The molecule has 3 rings (SSSR count). The topological polar surface area (TPSA) is 89.5 Å². The number of carbonyl (C=O) groups is 2. The van der Waals surface area contributed by atoms with Gasteiger partial charge in [0.2, 0.25) is 0 Å². The number of esters is 2. The summed E-state index contributed by atoms with van der Waals surface area (Å²) in [4.78, 5) is 24.4. The van der Waals surface area contributed by atoms with Gasteiger partial charge in [-0.3, -0.25) is 9.59 Å². The van der Waals surface area contributed by atoms with Gasteiger partial charge in [0.15, 0.2) is 23.0 Å². The molecule has 8 heteroatoms. The summed E-state index contributed by atoms with van der Waals surface area (Å²) in [6.45, 7) is 0. The highest BCUT2D eigenvalue weighted by Gasteiger charge is 2.43. The van der Waals surface area contributed by atoms with E-state index in [0.717, 1.165) is 11.1 Å². The van der Waals surface area contributed by atoms with Crippen molar-refractivity contribution in [2.45, 2.75) is 24.9 Å². The molecule has 2 aromatic carbocycles. The third-order valence-electron chi connectivity index (χ3n) is 5.28. The second-order valence-corrected chi connectivity index (χ2v) is 6.95. The van der Waals surface area contributed by atoms with Gasteiger partial charge >= 0.3 is 11.9 Å². The molecular formula is C23H26O8. The van der Waals surface area contributed by atoms with Crippen LogP contribution in [-0.4, -0.2) is 47.5 Å². The lowest BCUT2D eigenvalue weighted by Crippen LogP contribution is -2.20. The van der Waals surface area contributed by atoms with Gasteiger partial charge in [-0.1, -0.05) is 12.1 Å². The van der Waals surface area contributed by atoms with E-state index in [1.54, 1.807) is 32.4 Å². The third kappa shape index (κ3) is 4.38. The van der Waals surface area contributed by atoms with Crippen molar-refractivity contribution in [1.82, 2.24) is 0 Å². The molecule has 0 unspecified atom stereocenters. The fourth-order valence-electron chi connectivity index (χ4n) is 3.71. The van der Waals surface area contributed by atoms with Gasteiger partial charge in [-0.2, -0.15) is 0 Å². The molecule has 2 atom stereocenters. The molecule has 0 radical (unpaired) electrons. The normalized spacial score (nSPS) is 16.7. The SMILES string of the molecule is COC(=O)CCc1cc(OC)c2c(c1)[C@@H](C(=O)OC)[C@@H](c1ccc(OC)c(OC)c1)O2. The molecule has 1 heterocycles. The highest BCUT2D eigenvalue weighted by molar-refractivity contribution is 5.82. The van der Waals surface area contributed by atoms with E-state index < -0.39 is 18.0 Å². The van der Waals surface area contributed by atoms with Gasteiger partial charge in [0, 0.05) is 12.0 Å². The number of hydrogen-bond donors (Lipinski definition) is 0. The zero-order valence-corrected chi connectivity index (χ0v) is 18.2. The van der Waals surface area contributed by atoms with E-state index >= 15 is 0 Å². The molecule has 0 bridgehead atoms. The quantitative estimate of drug-likeness (QED) is 0.590. The highest BCUT2D eigenvalue weighted by atomic mass is 16.5. The summed E-state index contributed by atoms with van der Waals surface area (Å²) in [5.74, 6) is 0.570. The molecule has 166 valence electrons. The standard InChI is InChI=1S/C23H26O8/c1-26-16-8-7-14(12-17(16)27-2)21-20(23(25)30-5)15-10-13(6-9-19(24)29-4)11-18(28-3)22(15)31-21/h7-8,10-12,20-21H,6,9H2,1-5H3/t20-,21-/m1/s1. The summed E-state index contributed by atoms with van der Waals surface area (Å²) >= 11 is 0. The van der Waals surface area contributed by atoms with Gasteiger partial charge in [-0.25, -0.2) is 0 Å². The molecule has 1 aliphatic rings. The van der Waals surface area contributed by atoms with Crippen LogP contribution in [0.15, 0.2) is 30.3 Å². The number of ether oxygens (including phenoxy) is 6. The second-order valence-electron chi connectivity index (χ2n) is 6.95. The molecule has 1 aliphatic heterocycles. The number of hydrogen-bond acceptors (Lipinski definition) is 8. The first-order valence-corrected chi connectivity index (χ1v) is 9.71. The third-order valence-corrected chi connectivity index (χ3v) is 5.28. The largest absolute Gasteiger partial charge is 0.493 e. The highest BCUT2D eigenvalue weighted by Crippen LogP contribution is 2.52. The maximum Gasteiger partial charge on any atom is 0.317 e. The van der Waals surface area contributed by atoms with Crippen LogP contribution in [-0.2, 0) is 25.5 Å². The Morgan fingerprint density at radius 3 is 2.19 bits per heavy atom. The lowest BCUT2D eigenvalue weighted by molar-refractivity contribution is -0.144. The first kappa shape index (κ1) is 22.3. The van der Waals surface area contributed by atoms with Crippen LogP contribution in [0.4, 0.5) is 0 Å². The van der Waals surface area contributed by atoms with E-state index in [1.807, 2.05) is 12.1 Å². The summed E-state index contributed by atoms with van der Waals surface area (Å²) in [6.07, 6.45) is -0.000919. The summed E-state index contributed by atoms with van der Waals surface area (Å²) in [6, 6.07) is 9.00. The molecule has 0 amide bonds. The molecule has 2 aromatic rings. The fourth-order valence-corrected chi connectivity index (χ4v) is 3.71. The molecule has 0 aromatic heterocycles. The molecule has 31 heavy (non-hydrogen) atoms. The van der Waals surface area contributed by atoms with Crippen molar-refractivity contribution >= 4 is 11.9 Å². The van der Waals surface area contributed by atoms with Gasteiger partial charge in [0.05, 0.1) is 35.5 Å². The minimum Gasteiger partial charge on any atom is -0.493 e. The number of benzene rings is 2. The summed E-state index contributed by atoms with van der Waals surface area (Å²) in [5, 5.41) is 0. The Balaban J connectivity index is 2.05. The molecule has 0 saturated carbocycles. The summed E-state index contributed by atoms with van der Waals surface area (Å²) < 4.78 is 32.2. The van der Waals surface area contributed by atoms with Crippen molar-refractivity contribution < 1.29 is 38.0 Å². The number of fused-ring (bicyclic) bond motifs is 1. The molecular weight excluding hydrogens is 404 g/mol. The minimum atomic E-state index is -0.718. The van der Waals surface area contributed by atoms with Crippen molar-refractivity contribution in [1.29, 1.82) is 0 Å². The van der Waals surface area contributed by atoms with Crippen LogP contribution in [0.5, 0.6) is 23.0 Å². The van der Waals surface area contributed by atoms with Gasteiger partial charge in [0.25, 0.3) is 0 Å². The van der Waals surface area contributed by atoms with Gasteiger partial charge < -0.3 is 28.4 Å². The predicted molar refractivity (Wildman–Crippen MR) is 111 cm³/mol. The van der Waals surface area contributed by atoms with E-state index in [2.05, 4.69) is 0 Å². The molecule has 0 aliphatic carbocycles. The molecule has 0 spiro atoms. The smallest absolute Gasteiger partial charge is 0.317 e. The lowest BCUT2D eigenvalue weighted by Gasteiger charge is -2.19. The molecule has 0 saturated heterocycles. The minimum absolute atomic E-state index is 0.210. The molecule has 8 nitrogen and oxygen atoms in total. The van der Waals surface area contributed by atoms with Gasteiger partial charge in [-0.05, 0) is 35.7 Å². The summed E-state index contributed by atoms with van der Waals surface area (Å²) in [5.41, 5.74) is 2.19. The van der Waals surface area contributed by atoms with Crippen LogP contribution >= 0.6 is 0 Å². The molecule has 0 fully saturated rings. The van der Waals surface area contributed by atoms with E-state index in [9.17, 15) is 9.59 Å². The van der Waals surface area contributed by atoms with Gasteiger partial charge in [-0.15, -0.1) is 0 Å². The van der Waals surface area contributed by atoms with E-state index in [4.69, 9.17) is 28.4 Å². The number of aryl methyl sites for hydroxylation is 1. The predicted octanol–water partition coefficient (Wildman–Crippen LogP) is 3.21. The van der Waals surface area contributed by atoms with Crippen molar-refractivity contribution in [3.63, 3.8) is 0 Å². The Kier molecular flexibility index (Phi) is 6.89. The average Bonchev–Trinajstić information content (AvgIpc) is 3.20. The number of methoxy groups -OCH3 is 5. The number of rotatable bonds is 8. The lowest BCUT2D eigenvalue weighted by atomic mass is 9.89. The Bertz CT molecular complexity index is 968. The molecule has 0 N–H and O–H groups in total. The maximum absolute atomic E-state index is 12.8. The Morgan fingerprint density at radius 1 is 0.871 bits per heavy atom. The van der Waals surface area contributed by atoms with Crippen LogP contribution in [0.3, 0.4) is 0 Å². The zero-order chi connectivity index (χ0) is 22.5. The van der Waals surface area contributed by atoms with Crippen LogP contribution < -0.4 is 18.9 Å². The van der Waals surface area contributed by atoms with E-state index in [1.165, 1.54) is 21.3 Å². The Hall–Kier alpha value is -3.42. The van der Waals surface area contributed by atoms with Crippen molar-refractivity contribution in [2.75, 3.05) is 35.5 Å². The fraction of sp³-hybridized carbons (Fsp3) is 0.391. The van der Waals surface area contributed by atoms with Crippen LogP contribution in [0.25, 0.3) is 0 Å². The Labute approximate surface area is 181 Å². The van der Waals surface area contributed by atoms with E-state index in [-0.39, 0.29) is 12.4 Å². The van der Waals surface area contributed by atoms with Crippen molar-refractivity contribution in [2.24, 2.45) is 0 Å². The summed E-state index contributed by atoms with van der Waals surface area (Å²) in [7, 11) is 7.31. The second kappa shape index (κ2) is 9.59. The first-order valence-electron chi connectivity index (χ1n) is 9.71. The monoisotopic (exact) mass is 430 g/mol. The maximum atomic E-state index is 12.8. The van der Waals surface area contributed by atoms with Crippen LogP contribution in [0, 0.1) is 0 Å². The first-order chi connectivity index (χ1) is 15.0. The van der Waals surface area contributed by atoms with Crippen LogP contribution in [0.2, 0.25) is 0 Å². The van der Waals surface area contributed by atoms with E-state index in [0.29, 0.717) is 35.0 Å². The van der Waals surface area contributed by atoms with Crippen molar-refractivity contribution in [3.8, 4) is 23.0 Å². The zero-order valence-electron chi connectivity index (χ0n) is 18.2. The Morgan fingerprint density at radius 2 is 1.58 bits per heavy atom. The van der Waals surface area contributed by atoms with Crippen molar-refractivity contribution in [3.05, 3.63) is 47.0 Å².